The maximum absolute atomic E-state index is 13.7. The van der Waals surface area contributed by atoms with Crippen LogP contribution in [0.1, 0.15) is 37.5 Å². The van der Waals surface area contributed by atoms with Gasteiger partial charge in [0.1, 0.15) is 6.04 Å². The third-order valence-corrected chi connectivity index (χ3v) is 5.91. The van der Waals surface area contributed by atoms with E-state index in [1.54, 1.807) is 23.1 Å². The van der Waals surface area contributed by atoms with Gasteiger partial charge in [-0.3, -0.25) is 9.59 Å². The predicted octanol–water partition coefficient (Wildman–Crippen LogP) is 6.09. The molecule has 0 aromatic heterocycles. The van der Waals surface area contributed by atoms with Crippen molar-refractivity contribution in [3.63, 3.8) is 0 Å². The highest BCUT2D eigenvalue weighted by Crippen LogP contribution is 2.23. The number of hydrogen-bond acceptors (Lipinski definition) is 2. The Morgan fingerprint density at radius 1 is 0.882 bits per heavy atom. The first-order valence-electron chi connectivity index (χ1n) is 11.3. The van der Waals surface area contributed by atoms with E-state index in [9.17, 15) is 9.59 Å². The average Bonchev–Trinajstić information content (AvgIpc) is 2.78. The normalized spacial score (nSPS) is 12.1. The summed E-state index contributed by atoms with van der Waals surface area (Å²) < 4.78 is 0. The van der Waals surface area contributed by atoms with Crippen molar-refractivity contribution in [1.82, 2.24) is 10.2 Å². The van der Waals surface area contributed by atoms with Crippen LogP contribution in [0, 0.1) is 0 Å². The zero-order valence-corrected chi connectivity index (χ0v) is 21.2. The lowest BCUT2D eigenvalue weighted by molar-refractivity contribution is -0.141. The van der Waals surface area contributed by atoms with Crippen molar-refractivity contribution in [2.24, 2.45) is 0 Å². The first kappa shape index (κ1) is 25.8. The van der Waals surface area contributed by atoms with E-state index in [1.165, 1.54) is 0 Å². The summed E-state index contributed by atoms with van der Waals surface area (Å²) in [4.78, 5) is 28.9. The summed E-state index contributed by atoms with van der Waals surface area (Å²) in [5.41, 5.74) is 2.16. The molecule has 4 nitrogen and oxygen atoms in total. The molecular weight excluding hydrogens is 467 g/mol. The number of carbonyl (C=O) groups is 2. The van der Waals surface area contributed by atoms with Gasteiger partial charge < -0.3 is 10.2 Å². The molecule has 1 atom stereocenters. The number of nitrogens with one attached hydrogen (secondary N) is 1. The molecule has 3 rings (SSSR count). The second-order valence-electron chi connectivity index (χ2n) is 9.36. The van der Waals surface area contributed by atoms with Crippen molar-refractivity contribution in [2.75, 3.05) is 0 Å². The Balaban J connectivity index is 1.98. The van der Waals surface area contributed by atoms with E-state index in [2.05, 4.69) is 5.32 Å². The van der Waals surface area contributed by atoms with Crippen LogP contribution in [0.5, 0.6) is 0 Å². The molecule has 3 aromatic rings. The molecule has 1 unspecified atom stereocenters. The zero-order chi connectivity index (χ0) is 24.7. The van der Waals surface area contributed by atoms with Gasteiger partial charge in [0.2, 0.25) is 11.8 Å². The minimum absolute atomic E-state index is 0.0664. The number of benzene rings is 3. The molecule has 6 heteroatoms. The third-order valence-electron chi connectivity index (χ3n) is 5.32. The first-order chi connectivity index (χ1) is 16.1. The molecule has 0 aliphatic carbocycles. The number of rotatable bonds is 8. The summed E-state index contributed by atoms with van der Waals surface area (Å²) in [5.74, 6) is -0.374. The molecule has 0 heterocycles. The van der Waals surface area contributed by atoms with Crippen LogP contribution in [0.2, 0.25) is 10.0 Å². The second-order valence-corrected chi connectivity index (χ2v) is 10.2. The smallest absolute Gasteiger partial charge is 0.243 e. The van der Waals surface area contributed by atoms with Crippen molar-refractivity contribution in [2.45, 2.75) is 51.7 Å². The van der Waals surface area contributed by atoms with E-state index >= 15 is 0 Å². The zero-order valence-electron chi connectivity index (χ0n) is 19.7. The molecule has 178 valence electrons. The fourth-order valence-corrected chi connectivity index (χ4v) is 4.19. The monoisotopic (exact) mass is 496 g/mol. The van der Waals surface area contributed by atoms with Gasteiger partial charge in [0.15, 0.2) is 0 Å². The van der Waals surface area contributed by atoms with E-state index < -0.39 is 11.6 Å². The summed E-state index contributed by atoms with van der Waals surface area (Å²) >= 11 is 12.4. The van der Waals surface area contributed by atoms with Crippen LogP contribution >= 0.6 is 23.2 Å². The molecule has 34 heavy (non-hydrogen) atoms. The van der Waals surface area contributed by atoms with Crippen LogP contribution in [-0.4, -0.2) is 28.3 Å². The van der Waals surface area contributed by atoms with Gasteiger partial charge in [-0.15, -0.1) is 0 Å². The van der Waals surface area contributed by atoms with E-state index in [0.29, 0.717) is 28.6 Å². The van der Waals surface area contributed by atoms with Gasteiger partial charge in [0.25, 0.3) is 0 Å². The lowest BCUT2D eigenvalue weighted by Gasteiger charge is -2.34. The van der Waals surface area contributed by atoms with Crippen LogP contribution in [0.25, 0.3) is 0 Å². The third kappa shape index (κ3) is 7.61. The number of amides is 2. The van der Waals surface area contributed by atoms with Gasteiger partial charge >= 0.3 is 0 Å². The quantitative estimate of drug-likeness (QED) is 0.410. The van der Waals surface area contributed by atoms with Gasteiger partial charge in [0, 0.05) is 28.5 Å². The Labute approximate surface area is 211 Å². The molecule has 0 aliphatic rings. The topological polar surface area (TPSA) is 49.4 Å². The molecule has 1 N–H and O–H groups in total. The van der Waals surface area contributed by atoms with Gasteiger partial charge in [-0.1, -0.05) is 89.9 Å². The molecule has 0 bridgehead atoms. The molecule has 3 aromatic carbocycles. The number of nitrogens with zero attached hydrogens (tertiary/aromatic N) is 1. The molecule has 0 spiro atoms. The minimum Gasteiger partial charge on any atom is -0.350 e. The highest BCUT2D eigenvalue weighted by Gasteiger charge is 2.32. The Bertz CT molecular complexity index is 1110. The fourth-order valence-electron chi connectivity index (χ4n) is 3.72. The average molecular weight is 497 g/mol. The molecule has 0 radical (unpaired) electrons. The highest BCUT2D eigenvalue weighted by atomic mass is 35.5. The fraction of sp³-hybridized carbons (Fsp3) is 0.286. The van der Waals surface area contributed by atoms with Gasteiger partial charge in [-0.05, 0) is 49.6 Å². The lowest BCUT2D eigenvalue weighted by atomic mass is 10.00. The van der Waals surface area contributed by atoms with E-state index in [1.807, 2.05) is 81.4 Å². The molecule has 2 amide bonds. The maximum Gasteiger partial charge on any atom is 0.243 e. The Kier molecular flexibility index (Phi) is 8.76. The second kappa shape index (κ2) is 11.5. The van der Waals surface area contributed by atoms with Crippen molar-refractivity contribution in [3.8, 4) is 0 Å². The predicted molar refractivity (Wildman–Crippen MR) is 139 cm³/mol. The van der Waals surface area contributed by atoms with Crippen LogP contribution in [0.3, 0.4) is 0 Å². The highest BCUT2D eigenvalue weighted by molar-refractivity contribution is 6.35. The Morgan fingerprint density at radius 2 is 1.47 bits per heavy atom. The molecule has 0 aliphatic heterocycles. The Morgan fingerprint density at radius 3 is 2.03 bits per heavy atom. The van der Waals surface area contributed by atoms with Crippen LogP contribution in [-0.2, 0) is 29.0 Å². The SMILES string of the molecule is CC(C)(C)NC(=O)C(Cc1ccccc1)N(Cc1ccccc1)C(=O)Cc1ccc(Cl)cc1Cl. The van der Waals surface area contributed by atoms with Crippen LogP contribution in [0.15, 0.2) is 78.9 Å². The molecule has 0 fully saturated rings. The van der Waals surface area contributed by atoms with E-state index in [-0.39, 0.29) is 18.2 Å². The maximum atomic E-state index is 13.7. The van der Waals surface area contributed by atoms with Crippen molar-refractivity contribution in [3.05, 3.63) is 106 Å². The number of halogens is 2. The summed E-state index contributed by atoms with van der Waals surface area (Å²) in [7, 11) is 0. The van der Waals surface area contributed by atoms with Crippen LogP contribution < -0.4 is 5.32 Å². The van der Waals surface area contributed by atoms with Crippen molar-refractivity contribution in [1.29, 1.82) is 0 Å². The molecular formula is C28H30Cl2N2O2. The molecule has 0 saturated carbocycles. The van der Waals surface area contributed by atoms with Gasteiger partial charge in [-0.25, -0.2) is 0 Å². The van der Waals surface area contributed by atoms with E-state index in [0.717, 1.165) is 11.1 Å². The number of hydrogen-bond donors (Lipinski definition) is 1. The minimum atomic E-state index is -0.694. The van der Waals surface area contributed by atoms with E-state index in [4.69, 9.17) is 23.2 Å². The summed E-state index contributed by atoms with van der Waals surface area (Å²) in [6.45, 7) is 6.10. The van der Waals surface area contributed by atoms with Crippen LogP contribution in [0.4, 0.5) is 0 Å². The first-order valence-corrected chi connectivity index (χ1v) is 12.0. The van der Waals surface area contributed by atoms with Gasteiger partial charge in [0.05, 0.1) is 6.42 Å². The summed E-state index contributed by atoms with van der Waals surface area (Å²) in [6.07, 6.45) is 0.465. The van der Waals surface area contributed by atoms with Crippen molar-refractivity contribution < 1.29 is 9.59 Å². The number of carbonyl (C=O) groups excluding carboxylic acids is 2. The summed E-state index contributed by atoms with van der Waals surface area (Å²) in [5, 5.41) is 4.01. The summed E-state index contributed by atoms with van der Waals surface area (Å²) in [6, 6.07) is 23.8. The Hall–Kier alpha value is -2.82. The van der Waals surface area contributed by atoms with Gasteiger partial charge in [-0.2, -0.15) is 0 Å². The lowest BCUT2D eigenvalue weighted by Crippen LogP contribution is -2.54. The van der Waals surface area contributed by atoms with Crippen molar-refractivity contribution >= 4 is 35.0 Å². The standard InChI is InChI=1S/C28H30Cl2N2O2/c1-28(2,3)31-27(34)25(16-20-10-6-4-7-11-20)32(19-21-12-8-5-9-13-21)26(33)17-22-14-15-23(29)18-24(22)30/h4-15,18,25H,16-17,19H2,1-3H3,(H,31,34). The molecule has 0 saturated heterocycles. The largest absolute Gasteiger partial charge is 0.350 e.